The fourth-order valence-corrected chi connectivity index (χ4v) is 2.15. The number of hydrogen-bond acceptors (Lipinski definition) is 4. The molecule has 2 aromatic heterocycles. The van der Waals surface area contributed by atoms with Gasteiger partial charge in [-0.15, -0.1) is 5.10 Å². The van der Waals surface area contributed by atoms with Crippen molar-refractivity contribution in [2.24, 2.45) is 0 Å². The summed E-state index contributed by atoms with van der Waals surface area (Å²) in [6.45, 7) is 7.10. The van der Waals surface area contributed by atoms with Gasteiger partial charge in [-0.2, -0.15) is 0 Å². The van der Waals surface area contributed by atoms with Gasteiger partial charge in [0.2, 0.25) is 0 Å². The van der Waals surface area contributed by atoms with Gasteiger partial charge in [0.1, 0.15) is 0 Å². The Balaban J connectivity index is 1.92. The van der Waals surface area contributed by atoms with Crippen molar-refractivity contribution >= 4 is 10.8 Å². The van der Waals surface area contributed by atoms with Gasteiger partial charge < -0.3 is 5.32 Å². The third-order valence-electron chi connectivity index (χ3n) is 3.25. The van der Waals surface area contributed by atoms with Crippen molar-refractivity contribution in [2.75, 3.05) is 0 Å². The standard InChI is InChI=1S/C16H19N5/c1-16(2,3)18-9-13-11-21(20-19-13)15-6-4-5-12-7-8-17-10-14(12)15/h4-8,10-11,18H,9H2,1-3H3. The highest BCUT2D eigenvalue weighted by atomic mass is 15.4. The molecular formula is C16H19N5. The summed E-state index contributed by atoms with van der Waals surface area (Å²) in [7, 11) is 0. The van der Waals surface area contributed by atoms with Crippen LogP contribution in [0.3, 0.4) is 0 Å². The first kappa shape index (κ1) is 13.7. The van der Waals surface area contributed by atoms with Crippen molar-refractivity contribution in [3.8, 4) is 5.69 Å². The number of benzene rings is 1. The molecule has 5 heteroatoms. The summed E-state index contributed by atoms with van der Waals surface area (Å²) in [5.41, 5.74) is 1.98. The van der Waals surface area contributed by atoms with Crippen molar-refractivity contribution in [1.29, 1.82) is 0 Å². The summed E-state index contributed by atoms with van der Waals surface area (Å²) in [4.78, 5) is 4.20. The second kappa shape index (κ2) is 5.26. The summed E-state index contributed by atoms with van der Waals surface area (Å²) < 4.78 is 1.81. The zero-order chi connectivity index (χ0) is 14.9. The third kappa shape index (κ3) is 3.08. The van der Waals surface area contributed by atoms with Gasteiger partial charge in [0.05, 0.1) is 17.6 Å². The van der Waals surface area contributed by atoms with Crippen LogP contribution in [-0.2, 0) is 6.54 Å². The lowest BCUT2D eigenvalue weighted by Crippen LogP contribution is -2.35. The zero-order valence-corrected chi connectivity index (χ0v) is 12.5. The molecule has 0 aliphatic carbocycles. The van der Waals surface area contributed by atoms with E-state index in [4.69, 9.17) is 0 Å². The lowest BCUT2D eigenvalue weighted by molar-refractivity contribution is 0.421. The molecule has 0 saturated heterocycles. The zero-order valence-electron chi connectivity index (χ0n) is 12.5. The van der Waals surface area contributed by atoms with Crippen molar-refractivity contribution in [2.45, 2.75) is 32.9 Å². The van der Waals surface area contributed by atoms with Crippen LogP contribution in [-0.4, -0.2) is 25.5 Å². The monoisotopic (exact) mass is 281 g/mol. The minimum Gasteiger partial charge on any atom is -0.306 e. The molecule has 3 aromatic rings. The van der Waals surface area contributed by atoms with Crippen LogP contribution in [0.15, 0.2) is 42.9 Å². The predicted molar refractivity (Wildman–Crippen MR) is 83.3 cm³/mol. The van der Waals surface area contributed by atoms with E-state index in [2.05, 4.69) is 47.5 Å². The van der Waals surface area contributed by atoms with Gasteiger partial charge in [-0.25, -0.2) is 4.68 Å². The molecule has 0 unspecified atom stereocenters. The summed E-state index contributed by atoms with van der Waals surface area (Å²) in [5.74, 6) is 0. The summed E-state index contributed by atoms with van der Waals surface area (Å²) in [6, 6.07) is 8.11. The van der Waals surface area contributed by atoms with E-state index in [1.165, 1.54) is 0 Å². The first-order valence-electron chi connectivity index (χ1n) is 7.02. The molecule has 3 rings (SSSR count). The Bertz CT molecular complexity index is 749. The van der Waals surface area contributed by atoms with E-state index in [0.29, 0.717) is 6.54 Å². The Kier molecular flexibility index (Phi) is 3.43. The van der Waals surface area contributed by atoms with E-state index in [1.54, 1.807) is 6.20 Å². The van der Waals surface area contributed by atoms with Crippen LogP contribution in [0.5, 0.6) is 0 Å². The molecule has 108 valence electrons. The van der Waals surface area contributed by atoms with Crippen LogP contribution in [0.2, 0.25) is 0 Å². The molecule has 0 aliphatic heterocycles. The average molecular weight is 281 g/mol. The van der Waals surface area contributed by atoms with Gasteiger partial charge in [0.15, 0.2) is 0 Å². The maximum Gasteiger partial charge on any atom is 0.0969 e. The Morgan fingerprint density at radius 2 is 2.05 bits per heavy atom. The topological polar surface area (TPSA) is 55.6 Å². The van der Waals surface area contributed by atoms with Crippen LogP contribution in [0.4, 0.5) is 0 Å². The highest BCUT2D eigenvalue weighted by molar-refractivity contribution is 5.89. The molecule has 1 N–H and O–H groups in total. The number of fused-ring (bicyclic) bond motifs is 1. The first-order chi connectivity index (χ1) is 10.0. The second-order valence-corrected chi connectivity index (χ2v) is 6.13. The SMILES string of the molecule is CC(C)(C)NCc1cn(-c2cccc3ccncc23)nn1. The van der Waals surface area contributed by atoms with Crippen molar-refractivity contribution in [1.82, 2.24) is 25.3 Å². The van der Waals surface area contributed by atoms with Crippen LogP contribution in [0.25, 0.3) is 16.5 Å². The van der Waals surface area contributed by atoms with E-state index in [0.717, 1.165) is 22.2 Å². The lowest BCUT2D eigenvalue weighted by Gasteiger charge is -2.19. The van der Waals surface area contributed by atoms with Gasteiger partial charge in [-0.3, -0.25) is 4.98 Å². The molecule has 0 saturated carbocycles. The molecule has 5 nitrogen and oxygen atoms in total. The number of aromatic nitrogens is 4. The van der Waals surface area contributed by atoms with Crippen LogP contribution >= 0.6 is 0 Å². The summed E-state index contributed by atoms with van der Waals surface area (Å²) in [6.07, 6.45) is 5.62. The smallest absolute Gasteiger partial charge is 0.0969 e. The van der Waals surface area contributed by atoms with Gasteiger partial charge in [-0.05, 0) is 38.3 Å². The van der Waals surface area contributed by atoms with E-state index in [1.807, 2.05) is 35.3 Å². The van der Waals surface area contributed by atoms with E-state index >= 15 is 0 Å². The molecule has 0 fully saturated rings. The number of rotatable bonds is 3. The highest BCUT2D eigenvalue weighted by Gasteiger charge is 2.11. The molecular weight excluding hydrogens is 262 g/mol. The molecule has 21 heavy (non-hydrogen) atoms. The number of pyridine rings is 1. The molecule has 1 aromatic carbocycles. The van der Waals surface area contributed by atoms with Crippen LogP contribution in [0.1, 0.15) is 26.5 Å². The second-order valence-electron chi connectivity index (χ2n) is 6.13. The van der Waals surface area contributed by atoms with Crippen molar-refractivity contribution in [3.63, 3.8) is 0 Å². The van der Waals surface area contributed by atoms with E-state index in [-0.39, 0.29) is 5.54 Å². The molecule has 0 amide bonds. The largest absolute Gasteiger partial charge is 0.306 e. The maximum absolute atomic E-state index is 4.24. The third-order valence-corrected chi connectivity index (χ3v) is 3.25. The van der Waals surface area contributed by atoms with Gasteiger partial charge in [0.25, 0.3) is 0 Å². The number of nitrogens with zero attached hydrogens (tertiary/aromatic N) is 4. The summed E-state index contributed by atoms with van der Waals surface area (Å²) >= 11 is 0. The highest BCUT2D eigenvalue weighted by Crippen LogP contribution is 2.20. The van der Waals surface area contributed by atoms with E-state index in [9.17, 15) is 0 Å². The number of hydrogen-bond donors (Lipinski definition) is 1. The minimum atomic E-state index is 0.0626. The van der Waals surface area contributed by atoms with Crippen LogP contribution in [0, 0.1) is 0 Å². The number of nitrogens with one attached hydrogen (secondary N) is 1. The van der Waals surface area contributed by atoms with Crippen molar-refractivity contribution in [3.05, 3.63) is 48.5 Å². The fourth-order valence-electron chi connectivity index (χ4n) is 2.15. The average Bonchev–Trinajstić information content (AvgIpc) is 2.92. The Morgan fingerprint density at radius 1 is 1.19 bits per heavy atom. The quantitative estimate of drug-likeness (QED) is 0.802. The first-order valence-corrected chi connectivity index (χ1v) is 7.02. The minimum absolute atomic E-state index is 0.0626. The lowest BCUT2D eigenvalue weighted by atomic mass is 10.1. The normalized spacial score (nSPS) is 12.0. The van der Waals surface area contributed by atoms with Crippen LogP contribution < -0.4 is 5.32 Å². The fraction of sp³-hybridized carbons (Fsp3) is 0.312. The van der Waals surface area contributed by atoms with E-state index < -0.39 is 0 Å². The molecule has 0 bridgehead atoms. The van der Waals surface area contributed by atoms with Gasteiger partial charge in [0, 0.05) is 29.9 Å². The Labute approximate surface area is 124 Å². The molecule has 2 heterocycles. The summed E-state index contributed by atoms with van der Waals surface area (Å²) in [5, 5.41) is 14.1. The van der Waals surface area contributed by atoms with Gasteiger partial charge >= 0.3 is 0 Å². The molecule has 0 atom stereocenters. The molecule has 0 radical (unpaired) electrons. The predicted octanol–water partition coefficient (Wildman–Crippen LogP) is 2.70. The Morgan fingerprint density at radius 3 is 2.86 bits per heavy atom. The van der Waals surface area contributed by atoms with Gasteiger partial charge in [-0.1, -0.05) is 17.3 Å². The maximum atomic E-state index is 4.24. The molecule has 0 spiro atoms. The van der Waals surface area contributed by atoms with Crippen molar-refractivity contribution < 1.29 is 0 Å². The Hall–Kier alpha value is -2.27. The molecule has 0 aliphatic rings.